The van der Waals surface area contributed by atoms with Crippen LogP contribution in [0.2, 0.25) is 0 Å². The lowest BCUT2D eigenvalue weighted by Gasteiger charge is -2.22. The van der Waals surface area contributed by atoms with Crippen LogP contribution in [0.1, 0.15) is 57.8 Å². The standard InChI is InChI=1S/C24H28N4O2S/c25-17-24(13-6-7-14-24)27-21(29)16-31-23-26-20-11-5-4-10-19(20)22(30)28(23)15-12-18-8-2-1-3-9-18/h4-5,8,10-11H,1-3,6-7,9,12-16H2,(H,27,29). The molecule has 1 saturated carbocycles. The first-order valence-corrected chi connectivity index (χ1v) is 12.1. The summed E-state index contributed by atoms with van der Waals surface area (Å²) in [6.07, 6.45) is 11.1. The zero-order valence-corrected chi connectivity index (χ0v) is 18.5. The van der Waals surface area contributed by atoms with E-state index in [4.69, 9.17) is 4.98 Å². The number of rotatable bonds is 7. The number of nitrogens with zero attached hydrogens (tertiary/aromatic N) is 3. The highest BCUT2D eigenvalue weighted by atomic mass is 32.2. The molecular formula is C24H28N4O2S. The highest BCUT2D eigenvalue weighted by Crippen LogP contribution is 2.29. The minimum atomic E-state index is -0.735. The minimum Gasteiger partial charge on any atom is -0.337 e. The molecule has 0 radical (unpaired) electrons. The van der Waals surface area contributed by atoms with E-state index in [2.05, 4.69) is 17.5 Å². The molecule has 1 heterocycles. The van der Waals surface area contributed by atoms with Crippen molar-refractivity contribution in [3.8, 4) is 6.07 Å². The number of thioether (sulfide) groups is 1. The highest BCUT2D eigenvalue weighted by molar-refractivity contribution is 7.99. The molecule has 2 aliphatic rings. The second kappa shape index (κ2) is 9.69. The number of nitriles is 1. The zero-order chi connectivity index (χ0) is 21.7. The van der Waals surface area contributed by atoms with E-state index >= 15 is 0 Å². The molecule has 1 aromatic heterocycles. The molecule has 162 valence electrons. The second-order valence-corrected chi connectivity index (χ2v) is 9.41. The van der Waals surface area contributed by atoms with Crippen molar-refractivity contribution in [3.63, 3.8) is 0 Å². The molecule has 0 atom stereocenters. The molecule has 0 saturated heterocycles. The number of allylic oxidation sites excluding steroid dienone is 2. The largest absolute Gasteiger partial charge is 0.337 e. The lowest BCUT2D eigenvalue weighted by molar-refractivity contribution is -0.119. The maximum absolute atomic E-state index is 13.2. The zero-order valence-electron chi connectivity index (χ0n) is 17.7. The van der Waals surface area contributed by atoms with Gasteiger partial charge in [-0.3, -0.25) is 14.2 Å². The molecular weight excluding hydrogens is 408 g/mol. The smallest absolute Gasteiger partial charge is 0.262 e. The van der Waals surface area contributed by atoms with E-state index in [1.54, 1.807) is 10.6 Å². The molecule has 6 nitrogen and oxygen atoms in total. The molecule has 1 aromatic carbocycles. The van der Waals surface area contributed by atoms with Crippen LogP contribution in [0.3, 0.4) is 0 Å². The number of benzene rings is 1. The van der Waals surface area contributed by atoms with Gasteiger partial charge in [-0.05, 0) is 69.9 Å². The van der Waals surface area contributed by atoms with Gasteiger partial charge in [0.25, 0.3) is 5.56 Å². The number of nitrogens with one attached hydrogen (secondary N) is 1. The van der Waals surface area contributed by atoms with Crippen molar-refractivity contribution in [1.82, 2.24) is 14.9 Å². The van der Waals surface area contributed by atoms with Crippen LogP contribution in [0.25, 0.3) is 10.9 Å². The van der Waals surface area contributed by atoms with E-state index in [1.165, 1.54) is 30.2 Å². The molecule has 7 heteroatoms. The van der Waals surface area contributed by atoms with Gasteiger partial charge in [-0.2, -0.15) is 5.26 Å². The summed E-state index contributed by atoms with van der Waals surface area (Å²) in [4.78, 5) is 30.5. The summed E-state index contributed by atoms with van der Waals surface area (Å²) in [6.45, 7) is 0.564. The van der Waals surface area contributed by atoms with Gasteiger partial charge in [-0.1, -0.05) is 35.5 Å². The Morgan fingerprint density at radius 2 is 2.03 bits per heavy atom. The minimum absolute atomic E-state index is 0.0609. The van der Waals surface area contributed by atoms with Gasteiger partial charge in [0.2, 0.25) is 5.91 Å². The topological polar surface area (TPSA) is 87.8 Å². The Labute approximate surface area is 186 Å². The van der Waals surface area contributed by atoms with Crippen molar-refractivity contribution in [3.05, 3.63) is 46.3 Å². The maximum atomic E-state index is 13.2. The number of hydrogen-bond acceptors (Lipinski definition) is 5. The van der Waals surface area contributed by atoms with Crippen molar-refractivity contribution in [2.45, 2.75) is 75.0 Å². The third-order valence-corrected chi connectivity index (χ3v) is 7.23. The normalized spacial score (nSPS) is 17.8. The molecule has 31 heavy (non-hydrogen) atoms. The fourth-order valence-corrected chi connectivity index (χ4v) is 5.34. The molecule has 4 rings (SSSR count). The van der Waals surface area contributed by atoms with Crippen LogP contribution in [0.5, 0.6) is 0 Å². The molecule has 2 aromatic rings. The van der Waals surface area contributed by atoms with E-state index in [0.717, 1.165) is 32.1 Å². The summed E-state index contributed by atoms with van der Waals surface area (Å²) in [5.74, 6) is -0.0471. The Kier molecular flexibility index (Phi) is 6.77. The Bertz CT molecular complexity index is 1090. The van der Waals surface area contributed by atoms with E-state index in [9.17, 15) is 14.9 Å². The number of carbonyl (C=O) groups excluding carboxylic acids is 1. The predicted octanol–water partition coefficient (Wildman–Crippen LogP) is 4.33. The number of para-hydroxylation sites is 1. The van der Waals surface area contributed by atoms with Crippen LogP contribution in [0.4, 0.5) is 0 Å². The Morgan fingerprint density at radius 3 is 2.77 bits per heavy atom. The molecule has 0 spiro atoms. The van der Waals surface area contributed by atoms with Gasteiger partial charge >= 0.3 is 0 Å². The third-order valence-electron chi connectivity index (χ3n) is 6.25. The van der Waals surface area contributed by atoms with Crippen LogP contribution in [0.15, 0.2) is 45.9 Å². The average Bonchev–Trinajstić information content (AvgIpc) is 3.27. The lowest BCUT2D eigenvalue weighted by atomic mass is 9.97. The Morgan fingerprint density at radius 1 is 1.23 bits per heavy atom. The molecule has 0 bridgehead atoms. The van der Waals surface area contributed by atoms with Crippen molar-refractivity contribution in [1.29, 1.82) is 5.26 Å². The first-order chi connectivity index (χ1) is 15.1. The van der Waals surface area contributed by atoms with Crippen LogP contribution >= 0.6 is 11.8 Å². The van der Waals surface area contributed by atoms with E-state index in [0.29, 0.717) is 35.4 Å². The van der Waals surface area contributed by atoms with Crippen molar-refractivity contribution in [2.24, 2.45) is 0 Å². The van der Waals surface area contributed by atoms with Crippen LogP contribution in [0, 0.1) is 11.3 Å². The van der Waals surface area contributed by atoms with Gasteiger partial charge in [0.1, 0.15) is 5.54 Å². The van der Waals surface area contributed by atoms with Gasteiger partial charge in [-0.15, -0.1) is 0 Å². The number of hydrogen-bond donors (Lipinski definition) is 1. The van der Waals surface area contributed by atoms with Gasteiger partial charge in [0.15, 0.2) is 5.16 Å². The van der Waals surface area contributed by atoms with Gasteiger partial charge in [0.05, 0.1) is 22.7 Å². The van der Waals surface area contributed by atoms with Crippen molar-refractivity contribution in [2.75, 3.05) is 5.75 Å². The number of aromatic nitrogens is 2. The van der Waals surface area contributed by atoms with Gasteiger partial charge in [-0.25, -0.2) is 4.98 Å². The monoisotopic (exact) mass is 436 g/mol. The van der Waals surface area contributed by atoms with Gasteiger partial charge < -0.3 is 5.32 Å². The summed E-state index contributed by atoms with van der Waals surface area (Å²) in [6, 6.07) is 9.64. The molecule has 1 fully saturated rings. The quantitative estimate of drug-likeness (QED) is 0.396. The summed E-state index contributed by atoms with van der Waals surface area (Å²) < 4.78 is 1.71. The predicted molar refractivity (Wildman–Crippen MR) is 123 cm³/mol. The third kappa shape index (κ3) is 5.01. The number of fused-ring (bicyclic) bond motifs is 1. The molecule has 2 aliphatic carbocycles. The van der Waals surface area contributed by atoms with E-state index in [1.807, 2.05) is 18.2 Å². The molecule has 0 unspecified atom stereocenters. The maximum Gasteiger partial charge on any atom is 0.262 e. The fourth-order valence-electron chi connectivity index (χ4n) is 4.52. The first-order valence-electron chi connectivity index (χ1n) is 11.1. The summed E-state index contributed by atoms with van der Waals surface area (Å²) >= 11 is 1.27. The molecule has 1 N–H and O–H groups in total. The Hall–Kier alpha value is -2.59. The van der Waals surface area contributed by atoms with Crippen LogP contribution < -0.4 is 10.9 Å². The number of carbonyl (C=O) groups is 1. The van der Waals surface area contributed by atoms with Crippen molar-refractivity contribution < 1.29 is 4.79 Å². The SMILES string of the molecule is N#CC1(NC(=O)CSc2nc3ccccc3c(=O)n2CCC2=CCCCC2)CCCC1. The average molecular weight is 437 g/mol. The van der Waals surface area contributed by atoms with Crippen LogP contribution in [-0.2, 0) is 11.3 Å². The highest BCUT2D eigenvalue weighted by Gasteiger charge is 2.35. The second-order valence-electron chi connectivity index (χ2n) is 8.46. The molecule has 0 aliphatic heterocycles. The van der Waals surface area contributed by atoms with E-state index in [-0.39, 0.29) is 17.2 Å². The fraction of sp³-hybridized carbons (Fsp3) is 0.500. The summed E-state index contributed by atoms with van der Waals surface area (Å²) in [7, 11) is 0. The summed E-state index contributed by atoms with van der Waals surface area (Å²) in [5, 5.41) is 13.6. The van der Waals surface area contributed by atoms with Crippen LogP contribution in [-0.4, -0.2) is 26.8 Å². The van der Waals surface area contributed by atoms with Crippen molar-refractivity contribution >= 4 is 28.6 Å². The summed E-state index contributed by atoms with van der Waals surface area (Å²) in [5.41, 5.74) is 1.25. The Balaban J connectivity index is 1.53. The van der Waals surface area contributed by atoms with Gasteiger partial charge in [0, 0.05) is 6.54 Å². The number of amides is 1. The first kappa shape index (κ1) is 21.6. The van der Waals surface area contributed by atoms with E-state index < -0.39 is 5.54 Å². The molecule has 1 amide bonds. The lowest BCUT2D eigenvalue weighted by Crippen LogP contribution is -2.45.